The number of phosphoric acid groups is 2. The third-order valence-electron chi connectivity index (χ3n) is 17.0. The van der Waals surface area contributed by atoms with Crippen LogP contribution in [-0.4, -0.2) is 96.7 Å². The number of esters is 4. The number of ether oxygens (including phenoxy) is 4. The van der Waals surface area contributed by atoms with Gasteiger partial charge >= 0.3 is 39.5 Å². The Morgan fingerprint density at radius 2 is 0.560 bits per heavy atom. The van der Waals surface area contributed by atoms with E-state index in [0.717, 1.165) is 108 Å². The molecule has 91 heavy (non-hydrogen) atoms. The molecule has 0 radical (unpaired) electrons. The molecule has 3 unspecified atom stereocenters. The summed E-state index contributed by atoms with van der Waals surface area (Å²) < 4.78 is 68.4. The summed E-state index contributed by atoms with van der Waals surface area (Å²) >= 11 is 0. The van der Waals surface area contributed by atoms with Crippen LogP contribution in [0.2, 0.25) is 0 Å². The molecule has 0 saturated carbocycles. The number of carbonyl (C=O) groups is 4. The van der Waals surface area contributed by atoms with E-state index < -0.39 is 97.5 Å². The second kappa shape index (κ2) is 62.8. The molecule has 0 aliphatic heterocycles. The Kier molecular flexibility index (Phi) is 61.5. The smallest absolute Gasteiger partial charge is 0.462 e. The van der Waals surface area contributed by atoms with Gasteiger partial charge in [0, 0.05) is 25.7 Å². The molecule has 0 aromatic carbocycles. The van der Waals surface area contributed by atoms with Crippen LogP contribution in [0.3, 0.4) is 0 Å². The van der Waals surface area contributed by atoms with Gasteiger partial charge in [-0.25, -0.2) is 9.13 Å². The lowest BCUT2D eigenvalue weighted by atomic mass is 9.99. The number of carbonyl (C=O) groups excluding carboxylic acids is 4. The van der Waals surface area contributed by atoms with Crippen molar-refractivity contribution >= 4 is 39.5 Å². The maximum absolute atomic E-state index is 13.0. The quantitative estimate of drug-likeness (QED) is 0.0222. The fourth-order valence-electron chi connectivity index (χ4n) is 10.9. The lowest BCUT2D eigenvalue weighted by Gasteiger charge is -2.21. The first-order valence-electron chi connectivity index (χ1n) is 37.4. The van der Waals surface area contributed by atoms with Crippen molar-refractivity contribution in [2.45, 2.75) is 381 Å². The number of phosphoric ester groups is 2. The highest BCUT2D eigenvalue weighted by atomic mass is 31.2. The Morgan fingerprint density at radius 3 is 0.835 bits per heavy atom. The molecule has 0 aliphatic rings. The van der Waals surface area contributed by atoms with Crippen LogP contribution >= 0.6 is 15.6 Å². The maximum Gasteiger partial charge on any atom is 0.472 e. The van der Waals surface area contributed by atoms with E-state index in [2.05, 4.69) is 48.5 Å². The van der Waals surface area contributed by atoms with Gasteiger partial charge in [-0.3, -0.25) is 37.3 Å². The second-order valence-electron chi connectivity index (χ2n) is 27.2. The van der Waals surface area contributed by atoms with Gasteiger partial charge in [-0.15, -0.1) is 0 Å². The first-order chi connectivity index (χ1) is 43.8. The molecular weight excluding hydrogens is 1200 g/mol. The van der Waals surface area contributed by atoms with Gasteiger partial charge < -0.3 is 33.8 Å². The molecule has 0 aromatic rings. The summed E-state index contributed by atoms with van der Waals surface area (Å²) in [6.45, 7) is 11.9. The molecule has 0 aliphatic carbocycles. The van der Waals surface area contributed by atoms with E-state index in [0.29, 0.717) is 25.7 Å². The molecule has 6 atom stereocenters. The molecule has 17 nitrogen and oxygen atoms in total. The zero-order valence-electron chi connectivity index (χ0n) is 59.3. The van der Waals surface area contributed by atoms with Crippen LogP contribution in [0.1, 0.15) is 363 Å². The van der Waals surface area contributed by atoms with Gasteiger partial charge in [-0.05, 0) is 43.4 Å². The van der Waals surface area contributed by atoms with Crippen molar-refractivity contribution in [2.75, 3.05) is 39.6 Å². The minimum absolute atomic E-state index is 0.106. The first kappa shape index (κ1) is 89.1. The summed E-state index contributed by atoms with van der Waals surface area (Å²) in [7, 11) is -9.90. The highest BCUT2D eigenvalue weighted by Gasteiger charge is 2.30. The molecule has 0 rings (SSSR count). The molecule has 0 saturated heterocycles. The Labute approximate surface area is 556 Å². The monoisotopic (exact) mass is 1340 g/mol. The van der Waals surface area contributed by atoms with Crippen LogP contribution in [0.15, 0.2) is 0 Å². The van der Waals surface area contributed by atoms with Crippen molar-refractivity contribution in [3.8, 4) is 0 Å². The number of rotatable bonds is 70. The fraction of sp³-hybridized carbons (Fsp3) is 0.944. The SMILES string of the molecule is CCCCCCCCCCCC(=O)OC[C@H](COP(=O)(O)OC[C@H](O)COP(=O)(O)OC[C@@H](COC(=O)CCCCCCCCCCCCCC(C)C)OC(=O)CCCCCCCCCCCCCC(C)C)OC(=O)CCCCCCCCCCCCC(C)CC. The van der Waals surface area contributed by atoms with Crippen molar-refractivity contribution in [2.24, 2.45) is 17.8 Å². The zero-order valence-corrected chi connectivity index (χ0v) is 61.1. The summed E-state index contributed by atoms with van der Waals surface area (Å²) in [6.07, 6.45) is 47.0. The van der Waals surface area contributed by atoms with Crippen molar-refractivity contribution in [1.82, 2.24) is 0 Å². The lowest BCUT2D eigenvalue weighted by molar-refractivity contribution is -0.161. The van der Waals surface area contributed by atoms with Crippen molar-refractivity contribution < 1.29 is 80.2 Å². The predicted octanol–water partition coefficient (Wildman–Crippen LogP) is 20.6. The third-order valence-corrected chi connectivity index (χ3v) is 18.9. The highest BCUT2D eigenvalue weighted by molar-refractivity contribution is 7.47. The number of unbranched alkanes of at least 4 members (excludes halogenated alkanes) is 37. The minimum Gasteiger partial charge on any atom is -0.462 e. The Morgan fingerprint density at radius 1 is 0.319 bits per heavy atom. The Bertz CT molecular complexity index is 1790. The third kappa shape index (κ3) is 65.1. The molecule has 0 fully saturated rings. The summed E-state index contributed by atoms with van der Waals surface area (Å²) in [5, 5.41) is 10.6. The topological polar surface area (TPSA) is 237 Å². The van der Waals surface area contributed by atoms with E-state index in [-0.39, 0.29) is 25.7 Å². The van der Waals surface area contributed by atoms with Crippen LogP contribution < -0.4 is 0 Å². The van der Waals surface area contributed by atoms with Crippen molar-refractivity contribution in [3.05, 3.63) is 0 Å². The summed E-state index contributed by atoms with van der Waals surface area (Å²) in [5.74, 6) is 0.216. The van der Waals surface area contributed by atoms with Gasteiger partial charge in [0.2, 0.25) is 0 Å². The van der Waals surface area contributed by atoms with Gasteiger partial charge in [0.25, 0.3) is 0 Å². The highest BCUT2D eigenvalue weighted by Crippen LogP contribution is 2.45. The van der Waals surface area contributed by atoms with E-state index >= 15 is 0 Å². The van der Waals surface area contributed by atoms with Crippen LogP contribution in [-0.2, 0) is 65.4 Å². The standard InChI is InChI=1S/C72H140O17P2/c1-8-10-11-12-13-22-32-39-46-53-69(74)82-59-67(89-72(77)56-49-42-35-28-21-20-25-31-38-45-52-65(7)9-2)61-86-90(78,79)84-57-66(73)58-85-91(80,81)87-62-68(88-71(76)55-48-41-34-27-19-15-17-24-30-37-44-51-64(5)6)60-83-70(75)54-47-40-33-26-18-14-16-23-29-36-43-50-63(3)4/h63-68,73H,8-62H2,1-7H3,(H,78,79)(H,80,81)/t65?,66-,67+,68+/m0/s1. The molecule has 0 amide bonds. The van der Waals surface area contributed by atoms with E-state index in [1.807, 2.05) is 0 Å². The van der Waals surface area contributed by atoms with E-state index in [9.17, 15) is 43.2 Å². The molecule has 3 N–H and O–H groups in total. The Hall–Kier alpha value is -1.94. The number of aliphatic hydroxyl groups is 1. The summed E-state index contributed by atoms with van der Waals surface area (Å²) in [6, 6.07) is 0. The second-order valence-corrected chi connectivity index (χ2v) is 30.1. The molecule has 0 bridgehead atoms. The van der Waals surface area contributed by atoms with Gasteiger partial charge in [0.1, 0.15) is 19.3 Å². The summed E-state index contributed by atoms with van der Waals surface area (Å²) in [5.41, 5.74) is 0. The van der Waals surface area contributed by atoms with E-state index in [1.165, 1.54) is 173 Å². The molecule has 0 heterocycles. The first-order valence-corrected chi connectivity index (χ1v) is 40.4. The summed E-state index contributed by atoms with van der Waals surface area (Å²) in [4.78, 5) is 72.6. The van der Waals surface area contributed by atoms with Gasteiger partial charge in [-0.1, -0.05) is 312 Å². The lowest BCUT2D eigenvalue weighted by Crippen LogP contribution is -2.30. The average molecular weight is 1340 g/mol. The van der Waals surface area contributed by atoms with Crippen molar-refractivity contribution in [3.63, 3.8) is 0 Å². The van der Waals surface area contributed by atoms with Crippen LogP contribution in [0.5, 0.6) is 0 Å². The van der Waals surface area contributed by atoms with E-state index in [1.54, 1.807) is 0 Å². The van der Waals surface area contributed by atoms with Gasteiger partial charge in [-0.2, -0.15) is 0 Å². The van der Waals surface area contributed by atoms with Crippen LogP contribution in [0.4, 0.5) is 0 Å². The van der Waals surface area contributed by atoms with Crippen LogP contribution in [0.25, 0.3) is 0 Å². The van der Waals surface area contributed by atoms with Crippen molar-refractivity contribution in [1.29, 1.82) is 0 Å². The van der Waals surface area contributed by atoms with E-state index in [4.69, 9.17) is 37.0 Å². The number of aliphatic hydroxyl groups excluding tert-OH is 1. The minimum atomic E-state index is -4.95. The van der Waals surface area contributed by atoms with Gasteiger partial charge in [0.05, 0.1) is 26.4 Å². The molecule has 0 aromatic heterocycles. The normalized spacial score (nSPS) is 14.5. The molecule has 0 spiro atoms. The molecule has 19 heteroatoms. The maximum atomic E-state index is 13.0. The number of hydrogen-bond acceptors (Lipinski definition) is 15. The predicted molar refractivity (Wildman–Crippen MR) is 368 cm³/mol. The van der Waals surface area contributed by atoms with Crippen LogP contribution in [0, 0.1) is 17.8 Å². The van der Waals surface area contributed by atoms with Gasteiger partial charge in [0.15, 0.2) is 12.2 Å². The Balaban J connectivity index is 5.25. The largest absolute Gasteiger partial charge is 0.472 e. The zero-order chi connectivity index (χ0) is 67.3. The average Bonchev–Trinajstić information content (AvgIpc) is 3.57. The molecule has 540 valence electrons. The number of hydrogen-bond donors (Lipinski definition) is 3. The fourth-order valence-corrected chi connectivity index (χ4v) is 12.4. The molecular formula is C72H140O17P2.